The number of nitrogens with one attached hydrogen (secondary N) is 1. The molecule has 0 spiro atoms. The summed E-state index contributed by atoms with van der Waals surface area (Å²) in [7, 11) is 0. The van der Waals surface area contributed by atoms with E-state index in [4.69, 9.17) is 15.2 Å². The lowest BCUT2D eigenvalue weighted by molar-refractivity contribution is 0.0514. The molecule has 5 aromatic rings. The number of hydrogen-bond donors (Lipinski definition) is 2. The average molecular weight is 639 g/mol. The number of fused-ring (bicyclic) bond motifs is 3. The number of nitrogens with two attached hydrogens (primary N) is 1. The molecule has 1 aliphatic rings. The van der Waals surface area contributed by atoms with Crippen LogP contribution in [0.3, 0.4) is 0 Å². The highest BCUT2D eigenvalue weighted by Gasteiger charge is 2.22. The van der Waals surface area contributed by atoms with E-state index in [1.54, 1.807) is 35.2 Å². The normalized spacial score (nSPS) is 12.3. The topological polar surface area (TPSA) is 160 Å². The maximum Gasteiger partial charge on any atom is 0.343 e. The average Bonchev–Trinajstić information content (AvgIpc) is 3.48. The van der Waals surface area contributed by atoms with E-state index in [1.807, 2.05) is 13.8 Å². The number of nitrogen functional groups attached to an aromatic ring is 1. The molecule has 0 atom stereocenters. The van der Waals surface area contributed by atoms with Crippen LogP contribution < -0.4 is 21.9 Å². The standard InChI is InChI=1S/C22H23N3O3.C13H15N3O3/c1-3-25-13-19(22(27)28-4-2)20(26)18-11-17(12-23-21(18)25)24-16-9-14-7-5-6-8-15(14)10-16;1-3-16-7-10(13(18)19-4-2)11(17)9-5-8(14)6-15-12(9)16/h5-8,11-13,16,24H,3-4,9-10H2,1-2H3;5-7H,3-4,14H2,1-2H3. The first kappa shape index (κ1) is 32.9. The van der Waals surface area contributed by atoms with E-state index >= 15 is 0 Å². The molecule has 6 rings (SSSR count). The zero-order chi connectivity index (χ0) is 33.7. The molecule has 1 aromatic carbocycles. The van der Waals surface area contributed by atoms with Crippen LogP contribution in [0.1, 0.15) is 59.5 Å². The second kappa shape index (κ2) is 14.3. The number of esters is 2. The van der Waals surface area contributed by atoms with Crippen molar-refractivity contribution in [2.45, 2.75) is 59.7 Å². The lowest BCUT2D eigenvalue weighted by atomic mass is 10.1. The van der Waals surface area contributed by atoms with Crippen LogP contribution in [0.25, 0.3) is 22.1 Å². The summed E-state index contributed by atoms with van der Waals surface area (Å²) in [6.45, 7) is 8.89. The number of anilines is 2. The van der Waals surface area contributed by atoms with Crippen molar-refractivity contribution in [2.75, 3.05) is 24.3 Å². The molecule has 0 saturated carbocycles. The van der Waals surface area contributed by atoms with Crippen LogP contribution in [0.15, 0.2) is 70.8 Å². The van der Waals surface area contributed by atoms with Crippen LogP contribution in [0.5, 0.6) is 0 Å². The highest BCUT2D eigenvalue weighted by Crippen LogP contribution is 2.25. The molecule has 12 heteroatoms. The molecule has 0 unspecified atom stereocenters. The molecule has 3 N–H and O–H groups in total. The molecule has 0 fully saturated rings. The highest BCUT2D eigenvalue weighted by atomic mass is 16.5. The summed E-state index contributed by atoms with van der Waals surface area (Å²) in [6, 6.07) is 12.0. The van der Waals surface area contributed by atoms with Gasteiger partial charge in [-0.1, -0.05) is 24.3 Å². The number of benzene rings is 1. The van der Waals surface area contributed by atoms with Crippen LogP contribution >= 0.6 is 0 Å². The summed E-state index contributed by atoms with van der Waals surface area (Å²) in [5.41, 5.74) is 9.89. The molecule has 12 nitrogen and oxygen atoms in total. The summed E-state index contributed by atoms with van der Waals surface area (Å²) < 4.78 is 13.5. The van der Waals surface area contributed by atoms with E-state index in [1.165, 1.54) is 35.8 Å². The minimum atomic E-state index is -0.626. The fourth-order valence-corrected chi connectivity index (χ4v) is 5.73. The second-order valence-electron chi connectivity index (χ2n) is 11.0. The Morgan fingerprint density at radius 3 is 1.79 bits per heavy atom. The Morgan fingerprint density at radius 1 is 0.809 bits per heavy atom. The van der Waals surface area contributed by atoms with Gasteiger partial charge in [-0.25, -0.2) is 19.6 Å². The molecule has 0 radical (unpaired) electrons. The molecule has 244 valence electrons. The van der Waals surface area contributed by atoms with Crippen molar-refractivity contribution in [1.29, 1.82) is 0 Å². The third kappa shape index (κ3) is 6.86. The van der Waals surface area contributed by atoms with Gasteiger partial charge in [-0.15, -0.1) is 0 Å². The Balaban J connectivity index is 0.000000199. The van der Waals surface area contributed by atoms with E-state index in [9.17, 15) is 19.2 Å². The van der Waals surface area contributed by atoms with Gasteiger partial charge in [0.2, 0.25) is 10.9 Å². The first-order chi connectivity index (χ1) is 22.7. The largest absolute Gasteiger partial charge is 0.462 e. The first-order valence-corrected chi connectivity index (χ1v) is 15.7. The van der Waals surface area contributed by atoms with Gasteiger partial charge >= 0.3 is 11.9 Å². The van der Waals surface area contributed by atoms with Crippen molar-refractivity contribution in [3.8, 4) is 0 Å². The molecule has 0 saturated heterocycles. The van der Waals surface area contributed by atoms with Gasteiger partial charge in [0.1, 0.15) is 22.4 Å². The molecule has 1 aliphatic carbocycles. The molecule has 47 heavy (non-hydrogen) atoms. The van der Waals surface area contributed by atoms with Crippen molar-refractivity contribution >= 4 is 45.4 Å². The molecule has 4 heterocycles. The number of rotatable bonds is 8. The fourth-order valence-electron chi connectivity index (χ4n) is 5.73. The van der Waals surface area contributed by atoms with Gasteiger partial charge in [-0.05, 0) is 63.8 Å². The summed E-state index contributed by atoms with van der Waals surface area (Å²) in [5, 5.41) is 4.24. The molecular weight excluding hydrogens is 600 g/mol. The molecule has 4 aromatic heterocycles. The van der Waals surface area contributed by atoms with Crippen molar-refractivity contribution in [3.63, 3.8) is 0 Å². The number of carbonyl (C=O) groups is 2. The maximum atomic E-state index is 12.9. The van der Waals surface area contributed by atoms with Crippen molar-refractivity contribution in [1.82, 2.24) is 19.1 Å². The minimum Gasteiger partial charge on any atom is -0.462 e. The summed E-state index contributed by atoms with van der Waals surface area (Å²) in [6.07, 6.45) is 8.13. The number of hydrogen-bond acceptors (Lipinski definition) is 10. The monoisotopic (exact) mass is 638 g/mol. The quantitative estimate of drug-likeness (QED) is 0.234. The van der Waals surface area contributed by atoms with Gasteiger partial charge in [0.25, 0.3) is 0 Å². The van der Waals surface area contributed by atoms with Crippen LogP contribution in [0.4, 0.5) is 11.4 Å². The van der Waals surface area contributed by atoms with Gasteiger partial charge in [0.05, 0.1) is 47.8 Å². The Kier molecular flexibility index (Phi) is 9.98. The van der Waals surface area contributed by atoms with Crippen molar-refractivity contribution < 1.29 is 19.1 Å². The van der Waals surface area contributed by atoms with Crippen LogP contribution in [0, 0.1) is 0 Å². The Labute approximate surface area is 271 Å². The fraction of sp³-hybridized carbons (Fsp3) is 0.314. The zero-order valence-electron chi connectivity index (χ0n) is 26.9. The van der Waals surface area contributed by atoms with Crippen LogP contribution in [0.2, 0.25) is 0 Å². The van der Waals surface area contributed by atoms with Gasteiger partial charge in [-0.2, -0.15) is 0 Å². The predicted molar refractivity (Wildman–Crippen MR) is 181 cm³/mol. The summed E-state index contributed by atoms with van der Waals surface area (Å²) in [5.74, 6) is -1.22. The predicted octanol–water partition coefficient (Wildman–Crippen LogP) is 4.35. The lowest BCUT2D eigenvalue weighted by Crippen LogP contribution is -2.22. The van der Waals surface area contributed by atoms with E-state index < -0.39 is 17.4 Å². The smallest absolute Gasteiger partial charge is 0.343 e. The molecule has 0 aliphatic heterocycles. The lowest BCUT2D eigenvalue weighted by Gasteiger charge is -2.15. The van der Waals surface area contributed by atoms with Crippen LogP contribution in [-0.4, -0.2) is 50.3 Å². The number of aromatic nitrogens is 4. The van der Waals surface area contributed by atoms with Gasteiger partial charge in [0.15, 0.2) is 0 Å². The zero-order valence-corrected chi connectivity index (χ0v) is 26.9. The number of aryl methyl sites for hydroxylation is 2. The van der Waals surface area contributed by atoms with Gasteiger partial charge in [0, 0.05) is 31.5 Å². The second-order valence-corrected chi connectivity index (χ2v) is 11.0. The Morgan fingerprint density at radius 2 is 1.30 bits per heavy atom. The van der Waals surface area contributed by atoms with Crippen molar-refractivity contribution in [2.24, 2.45) is 0 Å². The Bertz CT molecular complexity index is 2060. The van der Waals surface area contributed by atoms with Gasteiger partial charge in [-0.3, -0.25) is 9.59 Å². The van der Waals surface area contributed by atoms with E-state index in [0.29, 0.717) is 40.8 Å². The highest BCUT2D eigenvalue weighted by molar-refractivity contribution is 5.94. The molecular formula is C35H38N6O6. The maximum absolute atomic E-state index is 12.9. The SMILES string of the molecule is CCOC(=O)c1cn(CC)c2ncc(N)cc2c1=O.CCOC(=O)c1cn(CC)c2ncc(NC3Cc4ccccc4C3)cc2c1=O. The molecule has 0 amide bonds. The third-order valence-corrected chi connectivity index (χ3v) is 7.94. The summed E-state index contributed by atoms with van der Waals surface area (Å²) >= 11 is 0. The Hall–Kier alpha value is -5.52. The van der Waals surface area contributed by atoms with Crippen molar-refractivity contribution in [3.05, 3.63) is 104 Å². The van der Waals surface area contributed by atoms with E-state index in [2.05, 4.69) is 39.6 Å². The summed E-state index contributed by atoms with van der Waals surface area (Å²) in [4.78, 5) is 57.8. The van der Waals surface area contributed by atoms with Crippen LogP contribution in [-0.2, 0) is 35.4 Å². The minimum absolute atomic E-state index is 0.00333. The number of carbonyl (C=O) groups excluding carboxylic acids is 2. The van der Waals surface area contributed by atoms with Gasteiger partial charge < -0.3 is 29.7 Å². The number of ether oxygens (including phenoxy) is 2. The molecule has 0 bridgehead atoms. The third-order valence-electron chi connectivity index (χ3n) is 7.94. The number of pyridine rings is 4. The number of nitrogens with zero attached hydrogens (tertiary/aromatic N) is 4. The first-order valence-electron chi connectivity index (χ1n) is 15.7. The van der Waals surface area contributed by atoms with E-state index in [-0.39, 0.29) is 35.8 Å². The van der Waals surface area contributed by atoms with E-state index in [0.717, 1.165) is 18.5 Å².